The number of non-ortho nitro benzene ring substituents is 2. The highest BCUT2D eigenvalue weighted by Crippen LogP contribution is 2.42. The molecular formula is C19H12N2O4. The van der Waals surface area contributed by atoms with E-state index in [1.54, 1.807) is 0 Å². The molecule has 0 bridgehead atoms. The lowest BCUT2D eigenvalue weighted by atomic mass is 9.95. The van der Waals surface area contributed by atoms with E-state index in [1.165, 1.54) is 17.7 Å². The van der Waals surface area contributed by atoms with Gasteiger partial charge in [-0.1, -0.05) is 42.5 Å². The van der Waals surface area contributed by atoms with E-state index in [0.29, 0.717) is 12.0 Å². The summed E-state index contributed by atoms with van der Waals surface area (Å²) in [6.45, 7) is 0. The number of hydrogen-bond acceptors (Lipinski definition) is 4. The normalized spacial score (nSPS) is 11.7. The van der Waals surface area contributed by atoms with E-state index in [9.17, 15) is 20.2 Å². The molecule has 0 atom stereocenters. The lowest BCUT2D eigenvalue weighted by Gasteiger charge is -2.09. The summed E-state index contributed by atoms with van der Waals surface area (Å²) < 4.78 is 0. The summed E-state index contributed by atoms with van der Waals surface area (Å²) in [4.78, 5) is 21.1. The van der Waals surface area contributed by atoms with Crippen molar-refractivity contribution in [2.75, 3.05) is 0 Å². The molecular weight excluding hydrogens is 320 g/mol. The number of nitro groups is 2. The van der Waals surface area contributed by atoms with Crippen LogP contribution in [0, 0.1) is 20.2 Å². The predicted octanol–water partition coefficient (Wildman–Crippen LogP) is 4.74. The molecule has 1 aliphatic rings. The molecule has 0 fully saturated rings. The highest BCUT2D eigenvalue weighted by atomic mass is 16.6. The van der Waals surface area contributed by atoms with Gasteiger partial charge >= 0.3 is 0 Å². The third-order valence-corrected chi connectivity index (χ3v) is 4.49. The van der Waals surface area contributed by atoms with Gasteiger partial charge in [-0.3, -0.25) is 20.2 Å². The molecule has 0 amide bonds. The average molecular weight is 332 g/mol. The number of hydrogen-bond donors (Lipinski definition) is 0. The zero-order valence-corrected chi connectivity index (χ0v) is 13.0. The number of fused-ring (bicyclic) bond motifs is 3. The zero-order chi connectivity index (χ0) is 17.6. The van der Waals surface area contributed by atoms with Crippen LogP contribution in [0.2, 0.25) is 0 Å². The second kappa shape index (κ2) is 5.52. The highest BCUT2D eigenvalue weighted by Gasteiger charge is 2.23. The molecule has 0 radical (unpaired) electrons. The summed E-state index contributed by atoms with van der Waals surface area (Å²) in [5, 5.41) is 22.3. The van der Waals surface area contributed by atoms with Gasteiger partial charge in [0.1, 0.15) is 0 Å². The molecule has 0 aliphatic heterocycles. The van der Waals surface area contributed by atoms with Crippen molar-refractivity contribution in [1.82, 2.24) is 0 Å². The largest absolute Gasteiger partial charge is 0.276 e. The molecule has 1 aliphatic carbocycles. The molecule has 25 heavy (non-hydrogen) atoms. The summed E-state index contributed by atoms with van der Waals surface area (Å²) >= 11 is 0. The van der Waals surface area contributed by atoms with E-state index in [0.717, 1.165) is 28.3 Å². The van der Waals surface area contributed by atoms with Gasteiger partial charge in [0.2, 0.25) is 0 Å². The lowest BCUT2D eigenvalue weighted by Crippen LogP contribution is -1.95. The maximum Gasteiger partial charge on any atom is 0.276 e. The fraction of sp³-hybridized carbons (Fsp3) is 0.0526. The van der Waals surface area contributed by atoms with Crippen molar-refractivity contribution in [3.63, 3.8) is 0 Å². The van der Waals surface area contributed by atoms with Gasteiger partial charge in [0, 0.05) is 12.1 Å². The first-order chi connectivity index (χ1) is 12.0. The maximum absolute atomic E-state index is 11.2. The van der Waals surface area contributed by atoms with Crippen molar-refractivity contribution in [2.45, 2.75) is 6.42 Å². The van der Waals surface area contributed by atoms with Gasteiger partial charge in [-0.25, -0.2) is 0 Å². The van der Waals surface area contributed by atoms with E-state index in [1.807, 2.05) is 36.4 Å². The molecule has 3 aromatic carbocycles. The van der Waals surface area contributed by atoms with Gasteiger partial charge in [-0.05, 0) is 39.8 Å². The van der Waals surface area contributed by atoms with E-state index in [2.05, 4.69) is 6.07 Å². The number of benzene rings is 3. The minimum Gasteiger partial charge on any atom is -0.258 e. The molecule has 3 aromatic rings. The Morgan fingerprint density at radius 2 is 1.32 bits per heavy atom. The summed E-state index contributed by atoms with van der Waals surface area (Å²) in [5.74, 6) is 0. The lowest BCUT2D eigenvalue weighted by molar-refractivity contribution is -0.394. The van der Waals surface area contributed by atoms with E-state index < -0.39 is 9.85 Å². The van der Waals surface area contributed by atoms with Gasteiger partial charge in [-0.2, -0.15) is 0 Å². The van der Waals surface area contributed by atoms with Crippen LogP contribution in [0.25, 0.3) is 22.3 Å². The van der Waals surface area contributed by atoms with Crippen LogP contribution in [0.3, 0.4) is 0 Å². The fourth-order valence-corrected chi connectivity index (χ4v) is 3.39. The van der Waals surface area contributed by atoms with Crippen molar-refractivity contribution in [3.8, 4) is 22.3 Å². The maximum atomic E-state index is 11.2. The molecule has 122 valence electrons. The Hall–Kier alpha value is -3.54. The number of nitrogens with zero attached hydrogens (tertiary/aromatic N) is 2. The molecule has 6 nitrogen and oxygen atoms in total. The molecule has 0 saturated carbocycles. The summed E-state index contributed by atoms with van der Waals surface area (Å²) in [6.07, 6.45) is 0.707. The second-order valence-electron chi connectivity index (χ2n) is 5.92. The van der Waals surface area contributed by atoms with E-state index in [4.69, 9.17) is 0 Å². The second-order valence-corrected chi connectivity index (χ2v) is 5.92. The Kier molecular flexibility index (Phi) is 3.32. The van der Waals surface area contributed by atoms with Crippen LogP contribution in [0.4, 0.5) is 11.4 Å². The van der Waals surface area contributed by atoms with Gasteiger partial charge in [0.15, 0.2) is 0 Å². The van der Waals surface area contributed by atoms with Crippen LogP contribution in [0.5, 0.6) is 0 Å². The van der Waals surface area contributed by atoms with Crippen molar-refractivity contribution in [2.24, 2.45) is 0 Å². The molecule has 0 aromatic heterocycles. The molecule has 0 spiro atoms. The van der Waals surface area contributed by atoms with Crippen LogP contribution in [-0.4, -0.2) is 9.85 Å². The Morgan fingerprint density at radius 1 is 0.720 bits per heavy atom. The van der Waals surface area contributed by atoms with Crippen molar-refractivity contribution < 1.29 is 9.85 Å². The Labute approximate surface area is 142 Å². The van der Waals surface area contributed by atoms with Crippen LogP contribution in [0.1, 0.15) is 11.1 Å². The third-order valence-electron chi connectivity index (χ3n) is 4.49. The van der Waals surface area contributed by atoms with Gasteiger partial charge in [0.25, 0.3) is 11.4 Å². The minimum absolute atomic E-state index is 0.280. The summed E-state index contributed by atoms with van der Waals surface area (Å²) in [6, 6.07) is 17.6. The van der Waals surface area contributed by atoms with E-state index >= 15 is 0 Å². The zero-order valence-electron chi connectivity index (χ0n) is 13.0. The fourth-order valence-electron chi connectivity index (χ4n) is 3.39. The average Bonchev–Trinajstić information content (AvgIpc) is 3.00. The van der Waals surface area contributed by atoms with Crippen LogP contribution in [0.15, 0.2) is 60.7 Å². The Balaban J connectivity index is 1.93. The van der Waals surface area contributed by atoms with Crippen LogP contribution >= 0.6 is 0 Å². The molecule has 4 rings (SSSR count). The van der Waals surface area contributed by atoms with Crippen molar-refractivity contribution >= 4 is 11.4 Å². The van der Waals surface area contributed by atoms with Gasteiger partial charge in [-0.15, -0.1) is 0 Å². The van der Waals surface area contributed by atoms with Gasteiger partial charge in [0.05, 0.1) is 15.9 Å². The first-order valence-corrected chi connectivity index (χ1v) is 7.69. The van der Waals surface area contributed by atoms with Crippen LogP contribution < -0.4 is 0 Å². The molecule has 0 N–H and O–H groups in total. The minimum atomic E-state index is -0.603. The highest BCUT2D eigenvalue weighted by molar-refractivity contribution is 5.85. The number of rotatable bonds is 3. The summed E-state index contributed by atoms with van der Waals surface area (Å²) in [7, 11) is 0. The smallest absolute Gasteiger partial charge is 0.258 e. The standard InChI is InChI=1S/C19H12N2O4/c22-20(23)14-8-13(9-15(11-14)21(24)25)17-6-3-7-18-16-5-2-1-4-12(16)10-19(17)18/h1-9,11H,10H2. The first kappa shape index (κ1) is 15.0. The third kappa shape index (κ3) is 2.44. The molecule has 0 saturated heterocycles. The van der Waals surface area contributed by atoms with Crippen LogP contribution in [-0.2, 0) is 6.42 Å². The van der Waals surface area contributed by atoms with E-state index in [-0.39, 0.29) is 11.4 Å². The predicted molar refractivity (Wildman–Crippen MR) is 93.4 cm³/mol. The number of nitro benzene ring substituents is 2. The SMILES string of the molecule is O=[N+]([O-])c1cc(-c2cccc3c2Cc2ccccc2-3)cc([N+](=O)[O-])c1. The Morgan fingerprint density at radius 3 is 2.00 bits per heavy atom. The summed E-state index contributed by atoms with van der Waals surface area (Å²) in [5.41, 5.74) is 5.16. The van der Waals surface area contributed by atoms with Crippen molar-refractivity contribution in [3.05, 3.63) is 92.0 Å². The topological polar surface area (TPSA) is 86.3 Å². The van der Waals surface area contributed by atoms with Crippen molar-refractivity contribution in [1.29, 1.82) is 0 Å². The molecule has 6 heteroatoms. The molecule has 0 unspecified atom stereocenters. The van der Waals surface area contributed by atoms with Gasteiger partial charge < -0.3 is 0 Å². The molecule has 0 heterocycles. The quantitative estimate of drug-likeness (QED) is 0.400. The first-order valence-electron chi connectivity index (χ1n) is 7.69. The Bertz CT molecular complexity index is 1010. The monoisotopic (exact) mass is 332 g/mol.